The number of esters is 1. The molecular formula is C32H36N4O4. The normalized spacial score (nSPS) is 14.9. The smallest absolute Gasteiger partial charge is 0.338 e. The number of para-hydroxylation sites is 1. The van der Waals surface area contributed by atoms with E-state index in [0.717, 1.165) is 36.1 Å². The third-order valence-corrected chi connectivity index (χ3v) is 6.73. The van der Waals surface area contributed by atoms with E-state index in [1.165, 1.54) is 0 Å². The van der Waals surface area contributed by atoms with Crippen LogP contribution < -0.4 is 16.0 Å². The SMILES string of the molecule is CCCCN1C(=O)NC(c2cccc(NC(=O)Nc3ccccc3CC)c2)C(C(=O)OCC)=C1c1ccccc1. The summed E-state index contributed by atoms with van der Waals surface area (Å²) < 4.78 is 5.50. The molecule has 8 nitrogen and oxygen atoms in total. The quantitative estimate of drug-likeness (QED) is 0.248. The van der Waals surface area contributed by atoms with Gasteiger partial charge in [-0.3, -0.25) is 4.90 Å². The van der Waals surface area contributed by atoms with Gasteiger partial charge in [-0.1, -0.05) is 80.9 Å². The Morgan fingerprint density at radius 1 is 0.925 bits per heavy atom. The lowest BCUT2D eigenvalue weighted by Crippen LogP contribution is -2.48. The van der Waals surface area contributed by atoms with E-state index in [1.54, 1.807) is 30.0 Å². The van der Waals surface area contributed by atoms with E-state index in [-0.39, 0.29) is 18.7 Å². The monoisotopic (exact) mass is 540 g/mol. The zero-order valence-electron chi connectivity index (χ0n) is 23.2. The number of nitrogens with one attached hydrogen (secondary N) is 3. The number of urea groups is 2. The Bertz CT molecular complexity index is 1390. The highest BCUT2D eigenvalue weighted by Gasteiger charge is 2.38. The molecule has 0 radical (unpaired) electrons. The minimum Gasteiger partial charge on any atom is -0.463 e. The maximum Gasteiger partial charge on any atom is 0.338 e. The first-order valence-electron chi connectivity index (χ1n) is 13.8. The molecule has 40 heavy (non-hydrogen) atoms. The summed E-state index contributed by atoms with van der Waals surface area (Å²) in [5.74, 6) is -0.500. The van der Waals surface area contributed by atoms with Gasteiger partial charge >= 0.3 is 18.0 Å². The minimum absolute atomic E-state index is 0.195. The maximum absolute atomic E-state index is 13.5. The predicted octanol–water partition coefficient (Wildman–Crippen LogP) is 6.73. The van der Waals surface area contributed by atoms with E-state index in [2.05, 4.69) is 22.9 Å². The van der Waals surface area contributed by atoms with Crippen LogP contribution in [-0.4, -0.2) is 36.1 Å². The Kier molecular flexibility index (Phi) is 9.57. The van der Waals surface area contributed by atoms with Crippen LogP contribution in [0.2, 0.25) is 0 Å². The van der Waals surface area contributed by atoms with Gasteiger partial charge < -0.3 is 20.7 Å². The first kappa shape index (κ1) is 28.4. The summed E-state index contributed by atoms with van der Waals surface area (Å²) in [4.78, 5) is 41.4. The number of anilines is 2. The van der Waals surface area contributed by atoms with E-state index >= 15 is 0 Å². The lowest BCUT2D eigenvalue weighted by Gasteiger charge is -2.37. The number of hydrogen-bond donors (Lipinski definition) is 3. The third kappa shape index (κ3) is 6.51. The molecule has 0 saturated heterocycles. The second kappa shape index (κ2) is 13.5. The zero-order valence-corrected chi connectivity index (χ0v) is 23.2. The highest BCUT2D eigenvalue weighted by molar-refractivity contribution is 6.05. The third-order valence-electron chi connectivity index (χ3n) is 6.73. The summed E-state index contributed by atoms with van der Waals surface area (Å²) in [6, 6.07) is 22.7. The van der Waals surface area contributed by atoms with Crippen LogP contribution in [0, 0.1) is 0 Å². The molecule has 1 aliphatic heterocycles. The van der Waals surface area contributed by atoms with E-state index < -0.39 is 12.0 Å². The second-order valence-electron chi connectivity index (χ2n) is 9.45. The number of rotatable bonds is 10. The number of aryl methyl sites for hydroxylation is 1. The fourth-order valence-corrected chi connectivity index (χ4v) is 4.80. The van der Waals surface area contributed by atoms with E-state index in [1.807, 2.05) is 67.6 Å². The average molecular weight is 541 g/mol. The summed E-state index contributed by atoms with van der Waals surface area (Å²) in [5.41, 5.74) is 4.58. The Balaban J connectivity index is 1.72. The molecular weight excluding hydrogens is 504 g/mol. The molecule has 1 heterocycles. The van der Waals surface area contributed by atoms with E-state index in [4.69, 9.17) is 4.74 Å². The number of benzene rings is 3. The number of amides is 4. The topological polar surface area (TPSA) is 99.8 Å². The van der Waals surface area contributed by atoms with Crippen LogP contribution in [0.4, 0.5) is 21.0 Å². The summed E-state index contributed by atoms with van der Waals surface area (Å²) in [6.07, 6.45) is 2.46. The molecule has 3 aromatic rings. The van der Waals surface area contributed by atoms with Gasteiger partial charge in [0.1, 0.15) is 0 Å². The highest BCUT2D eigenvalue weighted by Crippen LogP contribution is 2.37. The van der Waals surface area contributed by atoms with Gasteiger partial charge in [-0.05, 0) is 54.7 Å². The minimum atomic E-state index is -0.773. The van der Waals surface area contributed by atoms with Gasteiger partial charge in [-0.25, -0.2) is 14.4 Å². The molecule has 1 unspecified atom stereocenters. The van der Waals surface area contributed by atoms with Gasteiger partial charge in [-0.15, -0.1) is 0 Å². The summed E-state index contributed by atoms with van der Waals surface area (Å²) in [7, 11) is 0. The molecule has 0 spiro atoms. The number of carbonyl (C=O) groups is 3. The van der Waals surface area contributed by atoms with Gasteiger partial charge in [0, 0.05) is 17.9 Å². The molecule has 0 aromatic heterocycles. The van der Waals surface area contributed by atoms with Crippen molar-refractivity contribution in [1.29, 1.82) is 0 Å². The molecule has 0 bridgehead atoms. The van der Waals surface area contributed by atoms with Crippen molar-refractivity contribution in [3.05, 3.63) is 101 Å². The number of nitrogens with zero attached hydrogens (tertiary/aromatic N) is 1. The Morgan fingerprint density at radius 2 is 1.68 bits per heavy atom. The van der Waals surface area contributed by atoms with Gasteiger partial charge in [0.25, 0.3) is 0 Å². The first-order valence-corrected chi connectivity index (χ1v) is 13.8. The second-order valence-corrected chi connectivity index (χ2v) is 9.45. The van der Waals surface area contributed by atoms with Crippen molar-refractivity contribution in [2.45, 2.75) is 46.1 Å². The molecule has 3 N–H and O–H groups in total. The van der Waals surface area contributed by atoms with Crippen LogP contribution in [0.3, 0.4) is 0 Å². The lowest BCUT2D eigenvalue weighted by molar-refractivity contribution is -0.138. The molecule has 0 aliphatic carbocycles. The average Bonchev–Trinajstić information content (AvgIpc) is 2.97. The molecule has 1 aliphatic rings. The predicted molar refractivity (Wildman–Crippen MR) is 158 cm³/mol. The Morgan fingerprint density at radius 3 is 2.40 bits per heavy atom. The molecule has 0 fully saturated rings. The molecule has 208 valence electrons. The Hall–Kier alpha value is -4.59. The summed E-state index contributed by atoms with van der Waals surface area (Å²) >= 11 is 0. The first-order chi connectivity index (χ1) is 19.5. The van der Waals surface area contributed by atoms with Gasteiger partial charge in [-0.2, -0.15) is 0 Å². The molecule has 4 rings (SSSR count). The van der Waals surface area contributed by atoms with Crippen LogP contribution in [0.15, 0.2) is 84.4 Å². The maximum atomic E-state index is 13.5. The Labute approximate surface area is 235 Å². The van der Waals surface area contributed by atoms with Gasteiger partial charge in [0.15, 0.2) is 0 Å². The van der Waals surface area contributed by atoms with Crippen LogP contribution >= 0.6 is 0 Å². The van der Waals surface area contributed by atoms with Crippen LogP contribution in [0.1, 0.15) is 56.3 Å². The van der Waals surface area contributed by atoms with Crippen molar-refractivity contribution < 1.29 is 19.1 Å². The van der Waals surface area contributed by atoms with Crippen molar-refractivity contribution in [2.75, 3.05) is 23.8 Å². The van der Waals surface area contributed by atoms with E-state index in [9.17, 15) is 14.4 Å². The van der Waals surface area contributed by atoms with Crippen molar-refractivity contribution in [1.82, 2.24) is 10.2 Å². The van der Waals surface area contributed by atoms with Crippen LogP contribution in [0.25, 0.3) is 5.70 Å². The van der Waals surface area contributed by atoms with Crippen molar-refractivity contribution in [3.8, 4) is 0 Å². The van der Waals surface area contributed by atoms with Crippen molar-refractivity contribution in [2.24, 2.45) is 0 Å². The van der Waals surface area contributed by atoms with E-state index in [0.29, 0.717) is 29.1 Å². The molecule has 4 amide bonds. The van der Waals surface area contributed by atoms with Crippen LogP contribution in [0.5, 0.6) is 0 Å². The highest BCUT2D eigenvalue weighted by atomic mass is 16.5. The lowest BCUT2D eigenvalue weighted by atomic mass is 9.91. The largest absolute Gasteiger partial charge is 0.463 e. The molecule has 3 aromatic carbocycles. The van der Waals surface area contributed by atoms with Crippen LogP contribution in [-0.2, 0) is 16.0 Å². The zero-order chi connectivity index (χ0) is 28.5. The summed E-state index contributed by atoms with van der Waals surface area (Å²) in [6.45, 7) is 6.50. The molecule has 8 heteroatoms. The number of unbranched alkanes of at least 4 members (excludes halogenated alkanes) is 1. The number of ether oxygens (including phenoxy) is 1. The van der Waals surface area contributed by atoms with Gasteiger partial charge in [0.2, 0.25) is 0 Å². The summed E-state index contributed by atoms with van der Waals surface area (Å²) in [5, 5.41) is 8.80. The number of hydrogen-bond acceptors (Lipinski definition) is 4. The fourth-order valence-electron chi connectivity index (χ4n) is 4.80. The van der Waals surface area contributed by atoms with Gasteiger partial charge in [0.05, 0.1) is 23.9 Å². The standard InChI is InChI=1S/C32H36N4O4/c1-4-7-20-36-29(23-15-9-8-10-16-23)27(30(37)40-6-3)28(35-32(36)39)24-17-13-18-25(21-24)33-31(38)34-26-19-12-11-14-22(26)5-2/h8-19,21,28H,4-7,20H2,1-3H3,(H,35,39)(H2,33,34,38). The molecule has 0 saturated carbocycles. The number of carbonyl (C=O) groups excluding carboxylic acids is 3. The fraction of sp³-hybridized carbons (Fsp3) is 0.281. The molecule has 1 atom stereocenters. The van der Waals surface area contributed by atoms with Crippen molar-refractivity contribution >= 4 is 35.1 Å². The van der Waals surface area contributed by atoms with Crippen molar-refractivity contribution in [3.63, 3.8) is 0 Å².